The molecule has 12 heavy (non-hydrogen) atoms. The Balaban J connectivity index is 4.41. The van der Waals surface area contributed by atoms with Crippen LogP contribution < -0.4 is 0 Å². The standard InChI is InChI=1S/C9H21ClP2/c1-8(2,3)11(7)12(10)9(4,5)6/h1-7H3. The second kappa shape index (κ2) is 4.12. The van der Waals surface area contributed by atoms with Crippen LogP contribution in [0.3, 0.4) is 0 Å². The molecule has 74 valence electrons. The Morgan fingerprint density at radius 2 is 1.17 bits per heavy atom. The van der Waals surface area contributed by atoms with Crippen LogP contribution in [0.5, 0.6) is 0 Å². The summed E-state index contributed by atoms with van der Waals surface area (Å²) in [7, 11) is -0.0406. The predicted molar refractivity (Wildman–Crippen MR) is 65.1 cm³/mol. The first-order valence-corrected chi connectivity index (χ1v) is 9.00. The van der Waals surface area contributed by atoms with E-state index in [0.29, 0.717) is 10.3 Å². The summed E-state index contributed by atoms with van der Waals surface area (Å²) < 4.78 is 0. The van der Waals surface area contributed by atoms with E-state index in [1.807, 2.05) is 0 Å². The quantitative estimate of drug-likeness (QED) is 0.536. The maximum absolute atomic E-state index is 6.49. The largest absolute Gasteiger partial charge is 0.0908 e. The molecule has 0 aliphatic rings. The molecule has 0 aromatic rings. The molecule has 0 radical (unpaired) electrons. The Labute approximate surface area is 84.6 Å². The van der Waals surface area contributed by atoms with E-state index in [9.17, 15) is 0 Å². The van der Waals surface area contributed by atoms with Crippen molar-refractivity contribution < 1.29 is 0 Å². The van der Waals surface area contributed by atoms with Crippen LogP contribution in [0.1, 0.15) is 41.5 Å². The monoisotopic (exact) mass is 226 g/mol. The number of hydrogen-bond acceptors (Lipinski definition) is 0. The minimum atomic E-state index is -0.334. The average Bonchev–Trinajstić information content (AvgIpc) is 1.80. The molecule has 0 aromatic carbocycles. The predicted octanol–water partition coefficient (Wildman–Crippen LogP) is 5.25. The fraction of sp³-hybridized carbons (Fsp3) is 1.00. The fourth-order valence-electron chi connectivity index (χ4n) is 0.713. The molecule has 0 aromatic heterocycles. The van der Waals surface area contributed by atoms with Crippen molar-refractivity contribution in [2.24, 2.45) is 0 Å². The molecule has 0 N–H and O–H groups in total. The first-order chi connectivity index (χ1) is 5.07. The van der Waals surface area contributed by atoms with E-state index in [2.05, 4.69) is 48.2 Å². The van der Waals surface area contributed by atoms with Crippen molar-refractivity contribution in [2.75, 3.05) is 6.66 Å². The molecule has 0 rings (SSSR count). The summed E-state index contributed by atoms with van der Waals surface area (Å²) in [6, 6.07) is 0. The highest BCUT2D eigenvalue weighted by atomic mass is 35.7. The van der Waals surface area contributed by atoms with Crippen LogP contribution in [0.2, 0.25) is 0 Å². The highest BCUT2D eigenvalue weighted by Crippen LogP contribution is 2.81. The van der Waals surface area contributed by atoms with Crippen molar-refractivity contribution in [3.63, 3.8) is 0 Å². The zero-order valence-corrected chi connectivity index (χ0v) is 11.8. The van der Waals surface area contributed by atoms with Gasteiger partial charge in [0, 0.05) is 6.96 Å². The first-order valence-electron chi connectivity index (χ1n) is 4.26. The molecule has 0 heterocycles. The minimum absolute atomic E-state index is 0.0406. The maximum atomic E-state index is 6.49. The lowest BCUT2D eigenvalue weighted by atomic mass is 10.3. The molecule has 2 atom stereocenters. The Bertz CT molecular complexity index is 126. The molecule has 0 aliphatic carbocycles. The number of hydrogen-bond donors (Lipinski definition) is 0. The zero-order chi connectivity index (χ0) is 10.2. The van der Waals surface area contributed by atoms with E-state index in [1.165, 1.54) is 0 Å². The average molecular weight is 227 g/mol. The van der Waals surface area contributed by atoms with Crippen molar-refractivity contribution in [2.45, 2.75) is 51.9 Å². The molecule has 0 bridgehead atoms. The van der Waals surface area contributed by atoms with Crippen molar-refractivity contribution in [1.29, 1.82) is 0 Å². The van der Waals surface area contributed by atoms with E-state index in [1.54, 1.807) is 0 Å². The maximum Gasteiger partial charge on any atom is 0.0206 e. The van der Waals surface area contributed by atoms with Gasteiger partial charge in [-0.25, -0.2) is 0 Å². The van der Waals surface area contributed by atoms with Crippen LogP contribution in [0.4, 0.5) is 0 Å². The van der Waals surface area contributed by atoms with Crippen LogP contribution in [0.25, 0.3) is 0 Å². The molecule has 0 fully saturated rings. The molecule has 2 unspecified atom stereocenters. The van der Waals surface area contributed by atoms with Crippen LogP contribution in [0, 0.1) is 0 Å². The molecule has 0 nitrogen and oxygen atoms in total. The van der Waals surface area contributed by atoms with Gasteiger partial charge in [-0.3, -0.25) is 0 Å². The van der Waals surface area contributed by atoms with Crippen LogP contribution in [0.15, 0.2) is 0 Å². The van der Waals surface area contributed by atoms with Crippen LogP contribution in [-0.4, -0.2) is 17.0 Å². The number of halogens is 1. The molecular weight excluding hydrogens is 205 g/mol. The summed E-state index contributed by atoms with van der Waals surface area (Å²) in [5.41, 5.74) is 0. The molecule has 0 saturated carbocycles. The van der Waals surface area contributed by atoms with Gasteiger partial charge >= 0.3 is 0 Å². The summed E-state index contributed by atoms with van der Waals surface area (Å²) in [6.07, 6.45) is 0. The summed E-state index contributed by atoms with van der Waals surface area (Å²) in [5, 5.41) is 0.695. The van der Waals surface area contributed by atoms with Crippen molar-refractivity contribution >= 4 is 25.8 Å². The van der Waals surface area contributed by atoms with Gasteiger partial charge in [0.25, 0.3) is 0 Å². The van der Waals surface area contributed by atoms with Crippen molar-refractivity contribution in [1.82, 2.24) is 0 Å². The van der Waals surface area contributed by atoms with E-state index in [0.717, 1.165) is 0 Å². The summed E-state index contributed by atoms with van der Waals surface area (Å²) >= 11 is 6.49. The SMILES string of the molecule is CP(P(Cl)C(C)(C)C)C(C)(C)C. The lowest BCUT2D eigenvalue weighted by molar-refractivity contribution is 0.781. The summed E-state index contributed by atoms with van der Waals surface area (Å²) in [5.74, 6) is 0. The molecule has 3 heteroatoms. The molecule has 0 spiro atoms. The van der Waals surface area contributed by atoms with Gasteiger partial charge in [0.1, 0.15) is 0 Å². The van der Waals surface area contributed by atoms with Gasteiger partial charge in [0.15, 0.2) is 0 Å². The molecule has 0 saturated heterocycles. The Hall–Kier alpha value is 1.15. The zero-order valence-electron chi connectivity index (χ0n) is 9.27. The smallest absolute Gasteiger partial charge is 0.0206 e. The molecular formula is C9H21ClP2. The van der Waals surface area contributed by atoms with Crippen LogP contribution >= 0.6 is 25.8 Å². The van der Waals surface area contributed by atoms with E-state index in [-0.39, 0.29) is 14.6 Å². The van der Waals surface area contributed by atoms with Gasteiger partial charge in [-0.15, -0.1) is 0 Å². The molecule has 0 amide bonds. The summed E-state index contributed by atoms with van der Waals surface area (Å²) in [6.45, 7) is 15.6. The third kappa shape index (κ3) is 3.91. The van der Waals surface area contributed by atoms with Gasteiger partial charge in [-0.1, -0.05) is 60.4 Å². The Morgan fingerprint density at radius 3 is 1.25 bits per heavy atom. The number of rotatable bonds is 1. The van der Waals surface area contributed by atoms with Crippen molar-refractivity contribution in [3.05, 3.63) is 0 Å². The second-order valence-corrected chi connectivity index (χ2v) is 14.1. The fourth-order valence-corrected chi connectivity index (χ4v) is 8.46. The highest BCUT2D eigenvalue weighted by Gasteiger charge is 2.33. The Morgan fingerprint density at radius 1 is 0.833 bits per heavy atom. The van der Waals surface area contributed by atoms with Gasteiger partial charge in [-0.05, 0) is 17.0 Å². The Kier molecular flexibility index (Phi) is 4.51. The van der Waals surface area contributed by atoms with Gasteiger partial charge in [-0.2, -0.15) is 0 Å². The van der Waals surface area contributed by atoms with E-state index >= 15 is 0 Å². The third-order valence-electron chi connectivity index (χ3n) is 1.79. The van der Waals surface area contributed by atoms with Gasteiger partial charge in [0.2, 0.25) is 0 Å². The van der Waals surface area contributed by atoms with Gasteiger partial charge < -0.3 is 0 Å². The topological polar surface area (TPSA) is 0 Å². The van der Waals surface area contributed by atoms with E-state index in [4.69, 9.17) is 11.2 Å². The minimum Gasteiger partial charge on any atom is -0.0908 e. The first kappa shape index (κ1) is 13.2. The van der Waals surface area contributed by atoms with Crippen LogP contribution in [-0.2, 0) is 0 Å². The highest BCUT2D eigenvalue weighted by molar-refractivity contribution is 8.41. The molecule has 0 aliphatic heterocycles. The van der Waals surface area contributed by atoms with Gasteiger partial charge in [0.05, 0.1) is 0 Å². The van der Waals surface area contributed by atoms with Crippen molar-refractivity contribution in [3.8, 4) is 0 Å². The lowest BCUT2D eigenvalue weighted by Gasteiger charge is -2.38. The second-order valence-electron chi connectivity index (χ2n) is 5.13. The van der Waals surface area contributed by atoms with E-state index < -0.39 is 0 Å². The normalized spacial score (nSPS) is 19.0. The summed E-state index contributed by atoms with van der Waals surface area (Å²) in [4.78, 5) is 0. The lowest BCUT2D eigenvalue weighted by Crippen LogP contribution is -2.15. The third-order valence-corrected chi connectivity index (χ3v) is 14.1.